The van der Waals surface area contributed by atoms with E-state index in [-0.39, 0.29) is 12.1 Å². The molecule has 0 amide bonds. The first kappa shape index (κ1) is 13.2. The minimum absolute atomic E-state index is 0.162. The lowest BCUT2D eigenvalue weighted by atomic mass is 9.84. The van der Waals surface area contributed by atoms with Gasteiger partial charge in [0.25, 0.3) is 0 Å². The summed E-state index contributed by atoms with van der Waals surface area (Å²) < 4.78 is 5.23. The van der Waals surface area contributed by atoms with Crippen LogP contribution in [0.3, 0.4) is 0 Å². The summed E-state index contributed by atoms with van der Waals surface area (Å²) in [5.74, 6) is 1.39. The Labute approximate surface area is 109 Å². The second-order valence-electron chi connectivity index (χ2n) is 5.41. The summed E-state index contributed by atoms with van der Waals surface area (Å²) in [6, 6.07) is 7.89. The third-order valence-corrected chi connectivity index (χ3v) is 4.08. The van der Waals surface area contributed by atoms with Crippen molar-refractivity contribution in [2.45, 2.75) is 38.1 Å². The van der Waals surface area contributed by atoms with Gasteiger partial charge in [0.15, 0.2) is 0 Å². The molecule has 3 heteroatoms. The molecule has 2 N–H and O–H groups in total. The minimum Gasteiger partial charge on any atom is -0.497 e. The number of ether oxygens (including phenoxy) is 1. The molecule has 0 radical (unpaired) electrons. The van der Waals surface area contributed by atoms with Crippen LogP contribution in [0.2, 0.25) is 0 Å². The highest BCUT2D eigenvalue weighted by Crippen LogP contribution is 2.36. The van der Waals surface area contributed by atoms with Crippen molar-refractivity contribution in [2.24, 2.45) is 5.92 Å². The van der Waals surface area contributed by atoms with Gasteiger partial charge in [-0.3, -0.25) is 0 Å². The van der Waals surface area contributed by atoms with Crippen LogP contribution in [0.5, 0.6) is 5.75 Å². The van der Waals surface area contributed by atoms with Gasteiger partial charge in [-0.1, -0.05) is 18.9 Å². The summed E-state index contributed by atoms with van der Waals surface area (Å²) in [6.07, 6.45) is 4.96. The quantitative estimate of drug-likeness (QED) is 0.842. The number of hydrogen-bond acceptors (Lipinski definition) is 3. The average Bonchev–Trinajstić information content (AvgIpc) is 2.93. The topological polar surface area (TPSA) is 41.5 Å². The number of anilines is 1. The van der Waals surface area contributed by atoms with Gasteiger partial charge in [0.05, 0.1) is 19.3 Å². The predicted molar refractivity (Wildman–Crippen MR) is 74.1 cm³/mol. The summed E-state index contributed by atoms with van der Waals surface area (Å²) in [5.41, 5.74) is 0.779. The smallest absolute Gasteiger partial charge is 0.120 e. The highest BCUT2D eigenvalue weighted by atomic mass is 16.5. The Morgan fingerprint density at radius 3 is 2.72 bits per heavy atom. The molecule has 2 rings (SSSR count). The fourth-order valence-electron chi connectivity index (χ4n) is 2.86. The van der Waals surface area contributed by atoms with E-state index >= 15 is 0 Å². The lowest BCUT2D eigenvalue weighted by Crippen LogP contribution is -2.45. The van der Waals surface area contributed by atoms with Crippen molar-refractivity contribution < 1.29 is 9.84 Å². The van der Waals surface area contributed by atoms with Gasteiger partial charge >= 0.3 is 0 Å². The first-order chi connectivity index (χ1) is 8.68. The first-order valence-electron chi connectivity index (χ1n) is 6.71. The maximum absolute atomic E-state index is 9.74. The lowest BCUT2D eigenvalue weighted by Gasteiger charge is -2.36. The van der Waals surface area contributed by atoms with Crippen molar-refractivity contribution in [3.05, 3.63) is 24.3 Å². The van der Waals surface area contributed by atoms with Crippen molar-refractivity contribution in [2.75, 3.05) is 19.0 Å². The molecule has 1 unspecified atom stereocenters. The Morgan fingerprint density at radius 1 is 1.39 bits per heavy atom. The summed E-state index contributed by atoms with van der Waals surface area (Å²) in [5, 5.41) is 13.2. The molecular formula is C15H23NO2. The zero-order chi connectivity index (χ0) is 13.0. The molecule has 1 atom stereocenters. The van der Waals surface area contributed by atoms with E-state index in [2.05, 4.69) is 12.2 Å². The summed E-state index contributed by atoms with van der Waals surface area (Å²) in [7, 11) is 1.67. The highest BCUT2D eigenvalue weighted by molar-refractivity contribution is 5.50. The van der Waals surface area contributed by atoms with Gasteiger partial charge in [-0.05, 0) is 37.8 Å². The second-order valence-corrected chi connectivity index (χ2v) is 5.41. The van der Waals surface area contributed by atoms with E-state index in [0.717, 1.165) is 11.4 Å². The molecule has 100 valence electrons. The van der Waals surface area contributed by atoms with E-state index in [0.29, 0.717) is 5.92 Å². The van der Waals surface area contributed by atoms with Gasteiger partial charge in [-0.2, -0.15) is 0 Å². The van der Waals surface area contributed by atoms with E-state index < -0.39 is 0 Å². The molecule has 1 aromatic rings. The van der Waals surface area contributed by atoms with E-state index in [1.807, 2.05) is 24.3 Å². The standard InChI is InChI=1S/C15H23NO2/c1-15(11-17,12-6-3-4-7-12)16-13-8-5-9-14(10-13)18-2/h5,8-10,12,16-17H,3-4,6-7,11H2,1-2H3. The van der Waals surface area contributed by atoms with Gasteiger partial charge in [-0.25, -0.2) is 0 Å². The first-order valence-corrected chi connectivity index (χ1v) is 6.71. The number of aliphatic hydroxyl groups is 1. The van der Waals surface area contributed by atoms with Gasteiger partial charge in [0.2, 0.25) is 0 Å². The largest absolute Gasteiger partial charge is 0.497 e. The molecule has 0 heterocycles. The fourth-order valence-corrected chi connectivity index (χ4v) is 2.86. The van der Waals surface area contributed by atoms with E-state index in [9.17, 15) is 5.11 Å². The molecule has 0 aliphatic heterocycles. The van der Waals surface area contributed by atoms with Crippen LogP contribution in [0.1, 0.15) is 32.6 Å². The van der Waals surface area contributed by atoms with Crippen molar-refractivity contribution in [1.82, 2.24) is 0 Å². The number of benzene rings is 1. The normalized spacial score (nSPS) is 19.5. The molecular weight excluding hydrogens is 226 g/mol. The summed E-state index contributed by atoms with van der Waals surface area (Å²) >= 11 is 0. The van der Waals surface area contributed by atoms with Crippen LogP contribution < -0.4 is 10.1 Å². The maximum Gasteiger partial charge on any atom is 0.120 e. The third kappa shape index (κ3) is 2.78. The van der Waals surface area contributed by atoms with Gasteiger partial charge in [0, 0.05) is 11.8 Å². The summed E-state index contributed by atoms with van der Waals surface area (Å²) in [4.78, 5) is 0. The number of hydrogen-bond donors (Lipinski definition) is 2. The van der Waals surface area contributed by atoms with Crippen LogP contribution in [0.4, 0.5) is 5.69 Å². The Kier molecular flexibility index (Phi) is 4.12. The number of nitrogens with one attached hydrogen (secondary N) is 1. The SMILES string of the molecule is COc1cccc(NC(C)(CO)C2CCCC2)c1. The molecule has 0 saturated heterocycles. The average molecular weight is 249 g/mol. The Hall–Kier alpha value is -1.22. The molecule has 1 saturated carbocycles. The molecule has 0 aromatic heterocycles. The van der Waals surface area contributed by atoms with E-state index in [4.69, 9.17) is 4.74 Å². The number of rotatable bonds is 5. The third-order valence-electron chi connectivity index (χ3n) is 4.08. The van der Waals surface area contributed by atoms with Crippen LogP contribution >= 0.6 is 0 Å². The van der Waals surface area contributed by atoms with Crippen LogP contribution in [0.15, 0.2) is 24.3 Å². The molecule has 1 fully saturated rings. The molecule has 3 nitrogen and oxygen atoms in total. The van der Waals surface area contributed by atoms with Crippen molar-refractivity contribution >= 4 is 5.69 Å². The van der Waals surface area contributed by atoms with Crippen molar-refractivity contribution in [3.8, 4) is 5.75 Å². The van der Waals surface area contributed by atoms with Crippen LogP contribution in [0, 0.1) is 5.92 Å². The van der Waals surface area contributed by atoms with Crippen LogP contribution in [0.25, 0.3) is 0 Å². The zero-order valence-electron chi connectivity index (χ0n) is 11.3. The van der Waals surface area contributed by atoms with Gasteiger partial charge in [0.1, 0.15) is 5.75 Å². The zero-order valence-corrected chi connectivity index (χ0v) is 11.3. The lowest BCUT2D eigenvalue weighted by molar-refractivity contribution is 0.172. The fraction of sp³-hybridized carbons (Fsp3) is 0.600. The summed E-state index contributed by atoms with van der Waals surface area (Å²) in [6.45, 7) is 2.28. The molecule has 0 bridgehead atoms. The molecule has 0 spiro atoms. The Bertz CT molecular complexity index is 388. The Morgan fingerprint density at radius 2 is 2.11 bits per heavy atom. The number of aliphatic hydroxyl groups excluding tert-OH is 1. The Balaban J connectivity index is 2.13. The molecule has 18 heavy (non-hydrogen) atoms. The molecule has 1 aliphatic carbocycles. The molecule has 1 aromatic carbocycles. The van der Waals surface area contributed by atoms with Crippen LogP contribution in [-0.2, 0) is 0 Å². The number of methoxy groups -OCH3 is 1. The second kappa shape index (κ2) is 5.61. The minimum atomic E-state index is -0.233. The predicted octanol–water partition coefficient (Wildman–Crippen LogP) is 3.05. The molecule has 1 aliphatic rings. The van der Waals surface area contributed by atoms with Crippen molar-refractivity contribution in [3.63, 3.8) is 0 Å². The van der Waals surface area contributed by atoms with E-state index in [1.54, 1.807) is 7.11 Å². The van der Waals surface area contributed by atoms with Gasteiger partial charge in [-0.15, -0.1) is 0 Å². The highest BCUT2D eigenvalue weighted by Gasteiger charge is 2.35. The monoisotopic (exact) mass is 249 g/mol. The van der Waals surface area contributed by atoms with Crippen LogP contribution in [-0.4, -0.2) is 24.4 Å². The van der Waals surface area contributed by atoms with E-state index in [1.165, 1.54) is 25.7 Å². The maximum atomic E-state index is 9.74. The van der Waals surface area contributed by atoms with Gasteiger partial charge < -0.3 is 15.2 Å². The van der Waals surface area contributed by atoms with Crippen molar-refractivity contribution in [1.29, 1.82) is 0 Å².